The van der Waals surface area contributed by atoms with E-state index in [0.29, 0.717) is 4.90 Å². The lowest BCUT2D eigenvalue weighted by atomic mass is 10.1. The Morgan fingerprint density at radius 2 is 2.14 bits per heavy atom. The Kier molecular flexibility index (Phi) is 4.82. The summed E-state index contributed by atoms with van der Waals surface area (Å²) < 4.78 is 32.4. The van der Waals surface area contributed by atoms with Crippen molar-refractivity contribution in [2.24, 2.45) is 0 Å². The first-order valence-electron chi connectivity index (χ1n) is 6.97. The van der Waals surface area contributed by atoms with Gasteiger partial charge in [-0.25, -0.2) is 8.42 Å². The molecule has 1 aromatic rings. The average Bonchev–Trinajstić information content (AvgIpc) is 3.04. The van der Waals surface area contributed by atoms with Crippen LogP contribution in [0.4, 0.5) is 0 Å². The molecule has 3 rings (SSSR count). The van der Waals surface area contributed by atoms with Crippen molar-refractivity contribution in [3.8, 4) is 5.75 Å². The Morgan fingerprint density at radius 3 is 2.81 bits per heavy atom. The van der Waals surface area contributed by atoms with Gasteiger partial charge in [0.25, 0.3) is 0 Å². The summed E-state index contributed by atoms with van der Waals surface area (Å²) in [6.45, 7) is 3.59. The van der Waals surface area contributed by atoms with Gasteiger partial charge in [0.15, 0.2) is 0 Å². The number of nitrogens with zero attached hydrogens (tertiary/aromatic N) is 1. The average molecular weight is 333 g/mol. The predicted molar refractivity (Wildman–Crippen MR) is 83.7 cm³/mol. The van der Waals surface area contributed by atoms with Crippen molar-refractivity contribution in [3.05, 3.63) is 23.8 Å². The van der Waals surface area contributed by atoms with Gasteiger partial charge in [0.2, 0.25) is 10.0 Å². The fraction of sp³-hybridized carbons (Fsp3) is 0.571. The van der Waals surface area contributed by atoms with Crippen LogP contribution in [0.1, 0.15) is 18.9 Å². The van der Waals surface area contributed by atoms with Crippen molar-refractivity contribution in [2.75, 3.05) is 20.1 Å². The summed E-state index contributed by atoms with van der Waals surface area (Å²) in [4.78, 5) is 0.364. The molecule has 0 saturated carbocycles. The maximum atomic E-state index is 12.7. The molecule has 21 heavy (non-hydrogen) atoms. The number of sulfonamides is 1. The van der Waals surface area contributed by atoms with E-state index in [1.165, 1.54) is 4.31 Å². The lowest BCUT2D eigenvalue weighted by Gasteiger charge is -2.23. The van der Waals surface area contributed by atoms with Gasteiger partial charge in [-0.05, 0) is 43.7 Å². The molecule has 2 atom stereocenters. The predicted octanol–water partition coefficient (Wildman–Crippen LogP) is 1.41. The quantitative estimate of drug-likeness (QED) is 0.909. The maximum Gasteiger partial charge on any atom is 0.243 e. The van der Waals surface area contributed by atoms with Crippen LogP contribution in [0.2, 0.25) is 0 Å². The molecule has 2 aliphatic rings. The first-order chi connectivity index (χ1) is 9.48. The van der Waals surface area contributed by atoms with Gasteiger partial charge in [-0.2, -0.15) is 4.31 Å². The number of rotatable bonds is 3. The minimum atomic E-state index is -3.42. The molecule has 5 nitrogen and oxygen atoms in total. The number of halogens is 1. The van der Waals surface area contributed by atoms with Crippen LogP contribution >= 0.6 is 12.4 Å². The lowest BCUT2D eigenvalue weighted by molar-refractivity contribution is 0.254. The van der Waals surface area contributed by atoms with Gasteiger partial charge in [-0.1, -0.05) is 0 Å². The van der Waals surface area contributed by atoms with Crippen molar-refractivity contribution in [3.63, 3.8) is 0 Å². The molecule has 2 heterocycles. The van der Waals surface area contributed by atoms with Crippen LogP contribution in [-0.2, 0) is 16.4 Å². The second-order valence-corrected chi connectivity index (χ2v) is 7.57. The minimum absolute atomic E-state index is 0. The van der Waals surface area contributed by atoms with E-state index in [0.717, 1.165) is 37.2 Å². The summed E-state index contributed by atoms with van der Waals surface area (Å²) in [6, 6.07) is 5.22. The smallest absolute Gasteiger partial charge is 0.243 e. The SMILES string of the molecule is CC1Cc2cc(S(=O)(=O)N(C)C3CCNC3)ccc2O1.Cl. The van der Waals surface area contributed by atoms with Crippen molar-refractivity contribution >= 4 is 22.4 Å². The number of fused-ring (bicyclic) bond motifs is 1. The molecular formula is C14H21ClN2O3S. The van der Waals surface area contributed by atoms with Crippen LogP contribution in [0, 0.1) is 0 Å². The third-order valence-electron chi connectivity index (χ3n) is 4.09. The molecule has 0 bridgehead atoms. The van der Waals surface area contributed by atoms with Crippen LogP contribution in [0.5, 0.6) is 5.75 Å². The third-order valence-corrected chi connectivity index (χ3v) is 6.00. The van der Waals surface area contributed by atoms with Crippen molar-refractivity contribution in [1.82, 2.24) is 9.62 Å². The highest BCUT2D eigenvalue weighted by Crippen LogP contribution is 2.31. The van der Waals surface area contributed by atoms with Gasteiger partial charge in [0.1, 0.15) is 11.9 Å². The first-order valence-corrected chi connectivity index (χ1v) is 8.41. The second kappa shape index (κ2) is 6.12. The maximum absolute atomic E-state index is 12.7. The van der Waals surface area contributed by atoms with Crippen LogP contribution in [0.15, 0.2) is 23.1 Å². The van der Waals surface area contributed by atoms with Gasteiger partial charge in [0, 0.05) is 26.1 Å². The van der Waals surface area contributed by atoms with Crippen LogP contribution in [-0.4, -0.2) is 45.0 Å². The van der Waals surface area contributed by atoms with Crippen LogP contribution in [0.25, 0.3) is 0 Å². The van der Waals surface area contributed by atoms with E-state index in [4.69, 9.17) is 4.74 Å². The normalized spacial score (nSPS) is 24.5. The fourth-order valence-electron chi connectivity index (χ4n) is 2.87. The van der Waals surface area contributed by atoms with Gasteiger partial charge >= 0.3 is 0 Å². The Bertz CT molecular complexity index is 615. The monoisotopic (exact) mass is 332 g/mol. The zero-order valence-corrected chi connectivity index (χ0v) is 13.8. The highest BCUT2D eigenvalue weighted by Gasteiger charge is 2.31. The van der Waals surface area contributed by atoms with Crippen molar-refractivity contribution in [2.45, 2.75) is 36.8 Å². The molecule has 0 aliphatic carbocycles. The molecule has 1 saturated heterocycles. The lowest BCUT2D eigenvalue weighted by Crippen LogP contribution is -2.38. The highest BCUT2D eigenvalue weighted by atomic mass is 35.5. The summed E-state index contributed by atoms with van der Waals surface area (Å²) >= 11 is 0. The summed E-state index contributed by atoms with van der Waals surface area (Å²) in [5.74, 6) is 0.807. The zero-order valence-electron chi connectivity index (χ0n) is 12.2. The zero-order chi connectivity index (χ0) is 14.3. The van der Waals surface area contributed by atoms with Gasteiger partial charge < -0.3 is 10.1 Å². The molecule has 0 amide bonds. The van der Waals surface area contributed by atoms with E-state index in [2.05, 4.69) is 5.32 Å². The van der Waals surface area contributed by atoms with Gasteiger partial charge in [-0.15, -0.1) is 12.4 Å². The minimum Gasteiger partial charge on any atom is -0.490 e. The first kappa shape index (κ1) is 16.5. The van der Waals surface area contributed by atoms with E-state index in [9.17, 15) is 8.42 Å². The molecule has 1 N–H and O–H groups in total. The molecule has 2 unspecified atom stereocenters. The van der Waals surface area contributed by atoms with Crippen LogP contribution in [0.3, 0.4) is 0 Å². The molecule has 0 radical (unpaired) electrons. The van der Waals surface area contributed by atoms with Crippen molar-refractivity contribution in [1.29, 1.82) is 0 Å². The summed E-state index contributed by atoms with van der Waals surface area (Å²) in [5.41, 5.74) is 0.983. The number of hydrogen-bond acceptors (Lipinski definition) is 4. The van der Waals surface area contributed by atoms with Gasteiger partial charge in [0.05, 0.1) is 4.90 Å². The highest BCUT2D eigenvalue weighted by molar-refractivity contribution is 7.89. The van der Waals surface area contributed by atoms with E-state index in [1.54, 1.807) is 25.2 Å². The summed E-state index contributed by atoms with van der Waals surface area (Å²) in [5, 5.41) is 3.20. The van der Waals surface area contributed by atoms with E-state index >= 15 is 0 Å². The molecule has 7 heteroatoms. The molecule has 0 aromatic heterocycles. The number of likely N-dealkylation sites (N-methyl/N-ethyl adjacent to an activating group) is 1. The Labute approximate surface area is 132 Å². The largest absolute Gasteiger partial charge is 0.490 e. The standard InChI is InChI=1S/C14H20N2O3S.ClH/c1-10-7-11-8-13(3-4-14(11)19-10)20(17,18)16(2)12-5-6-15-9-12;/h3-4,8,10,12,15H,5-7,9H2,1-2H3;1H. The Hall–Kier alpha value is -0.820. The molecule has 1 fully saturated rings. The van der Waals surface area contributed by atoms with Crippen LogP contribution < -0.4 is 10.1 Å². The topological polar surface area (TPSA) is 58.6 Å². The number of hydrogen-bond donors (Lipinski definition) is 1. The van der Waals surface area contributed by atoms with Gasteiger partial charge in [-0.3, -0.25) is 0 Å². The Morgan fingerprint density at radius 1 is 1.38 bits per heavy atom. The molecule has 2 aliphatic heterocycles. The van der Waals surface area contributed by atoms with E-state index in [-0.39, 0.29) is 24.6 Å². The number of ether oxygens (including phenoxy) is 1. The molecule has 0 spiro atoms. The summed E-state index contributed by atoms with van der Waals surface area (Å²) in [6.07, 6.45) is 1.76. The molecule has 1 aromatic carbocycles. The van der Waals surface area contributed by atoms with Crippen molar-refractivity contribution < 1.29 is 13.2 Å². The fourth-order valence-corrected chi connectivity index (χ4v) is 4.31. The number of nitrogens with one attached hydrogen (secondary N) is 1. The third kappa shape index (κ3) is 3.04. The van der Waals surface area contributed by atoms with E-state index in [1.807, 2.05) is 6.92 Å². The Balaban J connectivity index is 0.00000161. The summed E-state index contributed by atoms with van der Waals surface area (Å²) in [7, 11) is -1.76. The number of benzene rings is 1. The van der Waals surface area contributed by atoms with E-state index < -0.39 is 10.0 Å². The second-order valence-electron chi connectivity index (χ2n) is 5.57. The molecule has 118 valence electrons. The molecular weight excluding hydrogens is 312 g/mol.